The van der Waals surface area contributed by atoms with Crippen LogP contribution in [0.5, 0.6) is 5.75 Å². The first-order valence-electron chi connectivity index (χ1n) is 18.4. The Balaban J connectivity index is 1.52. The molecule has 50 heavy (non-hydrogen) atoms. The van der Waals surface area contributed by atoms with Crippen LogP contribution in [0.25, 0.3) is 11.1 Å². The molecule has 1 atom stereocenters. The fourth-order valence-corrected chi connectivity index (χ4v) is 7.02. The minimum Gasteiger partial charge on any atom is -0.493 e. The van der Waals surface area contributed by atoms with E-state index in [4.69, 9.17) is 14.5 Å². The van der Waals surface area contributed by atoms with Crippen LogP contribution in [0.2, 0.25) is 0 Å². The predicted octanol–water partition coefficient (Wildman–Crippen LogP) is 8.67. The summed E-state index contributed by atoms with van der Waals surface area (Å²) in [6, 6.07) is 14.5. The number of nitrogens with one attached hydrogen (secondary N) is 1. The number of piperidine rings is 2. The Morgan fingerprint density at radius 1 is 1.00 bits per heavy atom. The molecule has 272 valence electrons. The number of hydrogen-bond donors (Lipinski definition) is 2. The molecule has 9 heteroatoms. The third-order valence-electron chi connectivity index (χ3n) is 9.90. The van der Waals surface area contributed by atoms with E-state index in [1.54, 1.807) is 12.1 Å². The zero-order valence-corrected chi connectivity index (χ0v) is 31.0. The highest BCUT2D eigenvalue weighted by Crippen LogP contribution is 2.46. The summed E-state index contributed by atoms with van der Waals surface area (Å²) in [5.74, 6) is 0.214. The normalized spacial score (nSPS) is 17.4. The van der Waals surface area contributed by atoms with Gasteiger partial charge in [0.2, 0.25) is 0 Å². The molecule has 3 heterocycles. The number of carboxylic acids is 1. The highest BCUT2D eigenvalue weighted by Gasteiger charge is 2.37. The zero-order valence-electron chi connectivity index (χ0n) is 31.0. The van der Waals surface area contributed by atoms with E-state index < -0.39 is 17.7 Å². The number of halogens is 1. The number of carbonyl (C=O) groups is 1. The number of pyridine rings is 1. The van der Waals surface area contributed by atoms with Gasteiger partial charge in [-0.1, -0.05) is 44.5 Å². The first-order valence-corrected chi connectivity index (χ1v) is 18.4. The lowest BCUT2D eigenvalue weighted by molar-refractivity contribution is -0.160. The SMILES string of the molecule is Cc1nc(NCCCN2CCCCC2)c(-c2ccc(OCCc3ccc(F)cc3)cc2)c(N2CCC(C)(C)CC2)c1C(OC(C)(C)C)C(=O)O. The first-order chi connectivity index (χ1) is 23.8. The molecule has 0 spiro atoms. The van der Waals surface area contributed by atoms with Crippen LogP contribution in [-0.4, -0.2) is 72.4 Å². The van der Waals surface area contributed by atoms with Crippen molar-refractivity contribution in [2.45, 2.75) is 98.2 Å². The van der Waals surface area contributed by atoms with E-state index >= 15 is 0 Å². The second kappa shape index (κ2) is 16.6. The second-order valence-corrected chi connectivity index (χ2v) is 15.7. The summed E-state index contributed by atoms with van der Waals surface area (Å²) in [4.78, 5) is 23.0. The van der Waals surface area contributed by atoms with E-state index in [2.05, 4.69) is 29.0 Å². The van der Waals surface area contributed by atoms with Crippen LogP contribution >= 0.6 is 0 Å². The smallest absolute Gasteiger partial charge is 0.337 e. The second-order valence-electron chi connectivity index (χ2n) is 15.7. The number of carboxylic acid groups (broad SMARTS) is 1. The molecule has 0 saturated carbocycles. The van der Waals surface area contributed by atoms with E-state index in [-0.39, 0.29) is 11.2 Å². The lowest BCUT2D eigenvalue weighted by atomic mass is 9.82. The van der Waals surface area contributed by atoms with Gasteiger partial charge in [-0.3, -0.25) is 0 Å². The molecule has 2 aromatic carbocycles. The molecule has 8 nitrogen and oxygen atoms in total. The molecular weight excluding hydrogens is 631 g/mol. The van der Waals surface area contributed by atoms with Crippen LogP contribution in [0.1, 0.15) is 96.1 Å². The monoisotopic (exact) mass is 688 g/mol. The van der Waals surface area contributed by atoms with Crippen LogP contribution in [0.4, 0.5) is 15.9 Å². The molecule has 2 aliphatic rings. The lowest BCUT2D eigenvalue weighted by Gasteiger charge is -2.41. The van der Waals surface area contributed by atoms with Crippen LogP contribution in [-0.2, 0) is 16.0 Å². The lowest BCUT2D eigenvalue weighted by Crippen LogP contribution is -2.39. The summed E-state index contributed by atoms with van der Waals surface area (Å²) in [7, 11) is 0. The van der Waals surface area contributed by atoms with Crippen molar-refractivity contribution in [3.63, 3.8) is 0 Å². The summed E-state index contributed by atoms with van der Waals surface area (Å²) >= 11 is 0. The maximum absolute atomic E-state index is 13.3. The molecule has 0 bridgehead atoms. The van der Waals surface area contributed by atoms with Gasteiger partial charge in [-0.2, -0.15) is 0 Å². The third-order valence-corrected chi connectivity index (χ3v) is 9.90. The molecule has 0 radical (unpaired) electrons. The van der Waals surface area contributed by atoms with Gasteiger partial charge in [0.15, 0.2) is 6.10 Å². The van der Waals surface area contributed by atoms with Gasteiger partial charge in [0.05, 0.1) is 17.9 Å². The summed E-state index contributed by atoms with van der Waals surface area (Å²) in [6.45, 7) is 18.4. The van der Waals surface area contributed by atoms with Crippen molar-refractivity contribution in [2.24, 2.45) is 5.41 Å². The van der Waals surface area contributed by atoms with Crippen molar-refractivity contribution in [1.29, 1.82) is 0 Å². The molecular formula is C41H57FN4O4. The Hall–Kier alpha value is -3.69. The molecule has 3 aromatic rings. The molecule has 2 aliphatic heterocycles. The molecule has 1 unspecified atom stereocenters. The van der Waals surface area contributed by atoms with Gasteiger partial charge in [0.1, 0.15) is 17.4 Å². The average molecular weight is 689 g/mol. The fraction of sp³-hybridized carbons (Fsp3) is 0.561. The highest BCUT2D eigenvalue weighted by molar-refractivity contribution is 5.92. The zero-order chi connectivity index (χ0) is 35.9. The molecule has 0 amide bonds. The van der Waals surface area contributed by atoms with Gasteiger partial charge in [-0.05, 0) is 120 Å². The Morgan fingerprint density at radius 2 is 1.66 bits per heavy atom. The standard InChI is InChI=1S/C41H57FN4O4/c1-29-34(37(39(47)48)50-40(2,3)4)36(46-26-20-41(5,6)21-27-46)35(38(44-29)43-22-10-25-45-23-8-7-9-24-45)31-13-17-33(18-14-31)49-28-19-30-11-15-32(42)16-12-30/h11-18,37H,7-10,19-28H2,1-6H3,(H,43,44)(H,47,48). The number of hydrogen-bond acceptors (Lipinski definition) is 7. The summed E-state index contributed by atoms with van der Waals surface area (Å²) in [5, 5.41) is 14.3. The minimum atomic E-state index is -1.19. The summed E-state index contributed by atoms with van der Waals surface area (Å²) in [6.07, 6.45) is 6.30. The molecule has 0 aliphatic carbocycles. The van der Waals surface area contributed by atoms with Gasteiger partial charge in [0.25, 0.3) is 0 Å². The maximum Gasteiger partial charge on any atom is 0.337 e. The van der Waals surface area contributed by atoms with E-state index in [0.29, 0.717) is 24.3 Å². The van der Waals surface area contributed by atoms with Crippen molar-refractivity contribution in [3.8, 4) is 16.9 Å². The van der Waals surface area contributed by atoms with Gasteiger partial charge in [-0.25, -0.2) is 14.2 Å². The van der Waals surface area contributed by atoms with Gasteiger partial charge in [-0.15, -0.1) is 0 Å². The van der Waals surface area contributed by atoms with E-state index in [1.165, 1.54) is 31.4 Å². The van der Waals surface area contributed by atoms with Gasteiger partial charge in [0, 0.05) is 42.9 Å². The van der Waals surface area contributed by atoms with Crippen molar-refractivity contribution in [1.82, 2.24) is 9.88 Å². The topological polar surface area (TPSA) is 87.2 Å². The number of rotatable bonds is 14. The van der Waals surface area contributed by atoms with Crippen molar-refractivity contribution in [2.75, 3.05) is 56.1 Å². The van der Waals surface area contributed by atoms with Gasteiger partial charge < -0.3 is 29.7 Å². The van der Waals surface area contributed by atoms with E-state index in [1.807, 2.05) is 52.0 Å². The number of ether oxygens (including phenoxy) is 2. The van der Waals surface area contributed by atoms with E-state index in [9.17, 15) is 14.3 Å². The van der Waals surface area contributed by atoms with Crippen LogP contribution < -0.4 is 15.0 Å². The van der Waals surface area contributed by atoms with Crippen LogP contribution in [0.3, 0.4) is 0 Å². The van der Waals surface area contributed by atoms with Crippen molar-refractivity contribution in [3.05, 3.63) is 71.2 Å². The van der Waals surface area contributed by atoms with Crippen LogP contribution in [0, 0.1) is 18.2 Å². The Bertz CT molecular complexity index is 1550. The predicted molar refractivity (Wildman–Crippen MR) is 200 cm³/mol. The fourth-order valence-electron chi connectivity index (χ4n) is 7.02. The highest BCUT2D eigenvalue weighted by atomic mass is 19.1. The molecule has 2 N–H and O–H groups in total. The quantitative estimate of drug-likeness (QED) is 0.163. The summed E-state index contributed by atoms with van der Waals surface area (Å²) < 4.78 is 25.8. The molecule has 2 fully saturated rings. The third kappa shape index (κ3) is 10.2. The number of aryl methyl sites for hydroxylation is 1. The number of likely N-dealkylation sites (tertiary alicyclic amines) is 1. The Kier molecular flexibility index (Phi) is 12.4. The Morgan fingerprint density at radius 3 is 2.28 bits per heavy atom. The molecule has 2 saturated heterocycles. The average Bonchev–Trinajstić information content (AvgIpc) is 3.07. The minimum absolute atomic E-state index is 0.204. The largest absolute Gasteiger partial charge is 0.493 e. The number of aromatic nitrogens is 1. The van der Waals surface area contributed by atoms with Gasteiger partial charge >= 0.3 is 5.97 Å². The van der Waals surface area contributed by atoms with Crippen LogP contribution in [0.15, 0.2) is 48.5 Å². The van der Waals surface area contributed by atoms with E-state index in [0.717, 1.165) is 92.5 Å². The first kappa shape index (κ1) is 37.6. The molecule has 1 aromatic heterocycles. The Labute approximate surface area is 298 Å². The van der Waals surface area contributed by atoms with Crippen molar-refractivity contribution >= 4 is 17.5 Å². The number of benzene rings is 2. The van der Waals surface area contributed by atoms with Crippen molar-refractivity contribution < 1.29 is 23.8 Å². The summed E-state index contributed by atoms with van der Waals surface area (Å²) in [5.41, 5.74) is 4.51. The molecule has 5 rings (SSSR count). The number of anilines is 2. The number of aliphatic carboxylic acids is 1. The number of nitrogens with zero attached hydrogens (tertiary/aromatic N) is 3. The maximum atomic E-state index is 13.3.